The van der Waals surface area contributed by atoms with Crippen molar-refractivity contribution in [3.8, 4) is 0 Å². The summed E-state index contributed by atoms with van der Waals surface area (Å²) in [5.74, 6) is 0. The van der Waals surface area contributed by atoms with Gasteiger partial charge in [-0.05, 0) is 0 Å². The van der Waals surface area contributed by atoms with Crippen LogP contribution in [0.25, 0.3) is 0 Å². The van der Waals surface area contributed by atoms with Crippen molar-refractivity contribution < 1.29 is 67.2 Å². The van der Waals surface area contributed by atoms with Gasteiger partial charge in [0.05, 0.1) is 0 Å². The summed E-state index contributed by atoms with van der Waals surface area (Å²) < 4.78 is 0. The van der Waals surface area contributed by atoms with Gasteiger partial charge in [-0.25, -0.2) is 0 Å². The maximum atomic E-state index is 0. The molecule has 0 aliphatic carbocycles. The van der Waals surface area contributed by atoms with Crippen LogP contribution in [-0.4, -0.2) is 0 Å². The molecule has 0 heterocycles. The molecule has 0 unspecified atom stereocenters. The van der Waals surface area contributed by atoms with Crippen LogP contribution >= 0.6 is 0 Å². The summed E-state index contributed by atoms with van der Waals surface area (Å²) in [6.45, 7) is 0. The molecule has 4 heteroatoms. The quantitative estimate of drug-likeness (QED) is 0.410. The Kier molecular flexibility index (Phi) is 205. The molecule has 0 bridgehead atoms. The monoisotopic (exact) mass is 341 g/mol. The van der Waals surface area contributed by atoms with Crippen molar-refractivity contribution in [2.75, 3.05) is 0 Å². The maximum absolute atomic E-state index is 0. The predicted molar refractivity (Wildman–Crippen MR) is 0 cm³/mol. The van der Waals surface area contributed by atoms with Gasteiger partial charge in [-0.15, -0.1) is 0 Å². The molecule has 0 aliphatic rings. The minimum absolute atomic E-state index is 0. The SMILES string of the molecule is [Cl-].[Cl-].[Cl-].[Np]. The molecule has 0 rings (SSSR count). The Labute approximate surface area is 66.6 Å². The molecule has 0 aliphatic heterocycles. The molecule has 0 N–H and O–H groups in total. The maximum Gasteiger partial charge on any atom is 0 e. The van der Waals surface area contributed by atoms with E-state index in [0.717, 1.165) is 0 Å². The van der Waals surface area contributed by atoms with E-state index >= 15 is 0 Å². The van der Waals surface area contributed by atoms with E-state index in [-0.39, 0.29) is 67.2 Å². The average molecular weight is 343 g/mol. The Morgan fingerprint density at radius 1 is 0.500 bits per heavy atom. The molecule has 0 amide bonds. The van der Waals surface area contributed by atoms with Gasteiger partial charge in [0.15, 0.2) is 0 Å². The van der Waals surface area contributed by atoms with Crippen LogP contribution in [-0.2, 0) is 0 Å². The normalized spacial score (nSPS) is 0. The van der Waals surface area contributed by atoms with E-state index in [2.05, 4.69) is 0 Å². The third kappa shape index (κ3) is 9.10. The van der Waals surface area contributed by atoms with Gasteiger partial charge in [-0.1, -0.05) is 0 Å². The fourth-order valence-corrected chi connectivity index (χ4v) is 0. The van der Waals surface area contributed by atoms with Gasteiger partial charge in [-0.3, -0.25) is 0 Å². The molecule has 4 heavy (non-hydrogen) atoms. The van der Waals surface area contributed by atoms with Gasteiger partial charge in [-0.2, -0.15) is 0 Å². The molecule has 0 saturated heterocycles. The summed E-state index contributed by atoms with van der Waals surface area (Å²) in [6, 6.07) is 0. The van der Waals surface area contributed by atoms with E-state index in [1.165, 1.54) is 0 Å². The van der Waals surface area contributed by atoms with Crippen molar-refractivity contribution in [3.05, 3.63) is 0 Å². The van der Waals surface area contributed by atoms with E-state index in [9.17, 15) is 0 Å². The third-order valence-corrected chi connectivity index (χ3v) is 0. The second-order valence-electron chi connectivity index (χ2n) is 0. The predicted octanol–water partition coefficient (Wildman–Crippen LogP) is -8.99. The number of rotatable bonds is 0. The van der Waals surface area contributed by atoms with Gasteiger partial charge < -0.3 is 37.2 Å². The first-order valence-corrected chi connectivity index (χ1v) is 0. The first-order chi connectivity index (χ1) is 0. The Balaban J connectivity index is 0. The summed E-state index contributed by atoms with van der Waals surface area (Å²) in [4.78, 5) is 0. The Hall–Kier alpha value is 1.88. The van der Waals surface area contributed by atoms with Crippen molar-refractivity contribution in [1.82, 2.24) is 0 Å². The van der Waals surface area contributed by atoms with Crippen molar-refractivity contribution in [1.29, 1.82) is 0 Å². The molecule has 0 aromatic rings. The summed E-state index contributed by atoms with van der Waals surface area (Å²) in [7, 11) is 0. The van der Waals surface area contributed by atoms with Crippen LogP contribution < -0.4 is 37.2 Å². The fourth-order valence-electron chi connectivity index (χ4n) is 0. The molecular formula is Cl3Np-3. The van der Waals surface area contributed by atoms with Crippen LogP contribution in [0, 0.1) is 29.9 Å². The second kappa shape index (κ2) is 20.8. The molecule has 0 fully saturated rings. The second-order valence-corrected chi connectivity index (χ2v) is 0. The first-order valence-electron chi connectivity index (χ1n) is 0. The first kappa shape index (κ1) is 39.6. The van der Waals surface area contributed by atoms with Crippen LogP contribution in [0.5, 0.6) is 0 Å². The van der Waals surface area contributed by atoms with Crippen LogP contribution in [0.4, 0.5) is 0 Å². The van der Waals surface area contributed by atoms with E-state index in [1.54, 1.807) is 0 Å². The van der Waals surface area contributed by atoms with Gasteiger partial charge in [0.2, 0.25) is 0 Å². The molecule has 0 saturated carbocycles. The van der Waals surface area contributed by atoms with Crippen molar-refractivity contribution in [2.45, 2.75) is 0 Å². The van der Waals surface area contributed by atoms with Gasteiger partial charge >= 0.3 is 0 Å². The number of hydrogen-bond donors (Lipinski definition) is 0. The standard InChI is InChI=1S/3ClH.Np/h3*1H;/p-3. The largest absolute Gasteiger partial charge is 1.00 e. The third-order valence-electron chi connectivity index (χ3n) is 0. The zero-order chi connectivity index (χ0) is 0. The van der Waals surface area contributed by atoms with Crippen LogP contribution in [0.3, 0.4) is 0 Å². The topological polar surface area (TPSA) is 0 Å². The molecule has 0 nitrogen and oxygen atoms in total. The van der Waals surface area contributed by atoms with E-state index in [1.807, 2.05) is 0 Å². The minimum atomic E-state index is 0. The minimum Gasteiger partial charge on any atom is -1.00 e. The molecule has 0 atom stereocenters. The van der Waals surface area contributed by atoms with E-state index in [4.69, 9.17) is 0 Å². The molecule has 1 radical (unpaired) electrons. The van der Waals surface area contributed by atoms with E-state index in [0.29, 0.717) is 0 Å². The van der Waals surface area contributed by atoms with Gasteiger partial charge in [0, 0.05) is 29.9 Å². The smallest absolute Gasteiger partial charge is 0 e. The summed E-state index contributed by atoms with van der Waals surface area (Å²) >= 11 is 0. The molecule has 0 aromatic carbocycles. The Morgan fingerprint density at radius 2 is 0.500 bits per heavy atom. The van der Waals surface area contributed by atoms with Crippen LogP contribution in [0.15, 0.2) is 0 Å². The molecule has 29 valence electrons. The Bertz CT molecular complexity index is 3.25. The zero-order valence-corrected chi connectivity index (χ0v) is 7.57. The van der Waals surface area contributed by atoms with Gasteiger partial charge in [0.25, 0.3) is 0 Å². The van der Waals surface area contributed by atoms with Crippen LogP contribution in [0.2, 0.25) is 0 Å². The Morgan fingerprint density at radius 3 is 0.500 bits per heavy atom. The fraction of sp³-hybridized carbons (Fsp3) is 0. The molecular weight excluding hydrogens is 343 g/mol. The van der Waals surface area contributed by atoms with Crippen LogP contribution in [0.1, 0.15) is 0 Å². The van der Waals surface area contributed by atoms with Crippen molar-refractivity contribution >= 4 is 0 Å². The number of halogens is 3. The van der Waals surface area contributed by atoms with Gasteiger partial charge in [0.1, 0.15) is 0 Å². The summed E-state index contributed by atoms with van der Waals surface area (Å²) in [5.41, 5.74) is 0. The molecule has 0 spiro atoms. The average Bonchev–Trinajstić information content (AvgIpc) is 0. The zero-order valence-electron chi connectivity index (χ0n) is 1.58. The molecule has 0 aromatic heterocycles. The number of hydrogen-bond acceptors (Lipinski definition) is 0. The van der Waals surface area contributed by atoms with E-state index < -0.39 is 0 Å². The summed E-state index contributed by atoms with van der Waals surface area (Å²) in [5, 5.41) is 0. The summed E-state index contributed by atoms with van der Waals surface area (Å²) in [6.07, 6.45) is 0. The van der Waals surface area contributed by atoms with Crippen molar-refractivity contribution in [2.24, 2.45) is 0 Å². The van der Waals surface area contributed by atoms with Crippen molar-refractivity contribution in [3.63, 3.8) is 0 Å².